The molecule has 0 aliphatic heterocycles. The van der Waals surface area contributed by atoms with Crippen LogP contribution < -0.4 is 10.9 Å². The quantitative estimate of drug-likeness (QED) is 0.721. The Labute approximate surface area is 156 Å². The maximum atomic E-state index is 13.5. The van der Waals surface area contributed by atoms with Crippen LogP contribution in [0.4, 0.5) is 4.39 Å². The van der Waals surface area contributed by atoms with Gasteiger partial charge in [0.25, 0.3) is 5.56 Å². The fourth-order valence-corrected chi connectivity index (χ4v) is 4.03. The molecule has 2 aromatic heterocycles. The fourth-order valence-electron chi connectivity index (χ4n) is 4.03. The summed E-state index contributed by atoms with van der Waals surface area (Å²) >= 11 is 0. The zero-order chi connectivity index (χ0) is 19.0. The first-order valence-corrected chi connectivity index (χ1v) is 9.51. The maximum absolute atomic E-state index is 13.5. The van der Waals surface area contributed by atoms with Crippen LogP contribution in [-0.4, -0.2) is 26.1 Å². The van der Waals surface area contributed by atoms with E-state index in [2.05, 4.69) is 10.4 Å². The van der Waals surface area contributed by atoms with Crippen LogP contribution in [0.1, 0.15) is 44.3 Å². The molecule has 0 spiro atoms. The smallest absolute Gasteiger partial charge is 0.291 e. The minimum absolute atomic E-state index is 0.109. The lowest BCUT2D eigenvalue weighted by Gasteiger charge is -2.16. The molecule has 27 heavy (non-hydrogen) atoms. The highest BCUT2D eigenvalue weighted by molar-refractivity contribution is 5.87. The number of nitrogens with one attached hydrogen (secondary N) is 1. The zero-order valence-corrected chi connectivity index (χ0v) is 15.4. The van der Waals surface area contributed by atoms with Gasteiger partial charge in [0, 0.05) is 11.4 Å². The van der Waals surface area contributed by atoms with Gasteiger partial charge in [-0.15, -0.1) is 0 Å². The van der Waals surface area contributed by atoms with Crippen LogP contribution in [0.25, 0.3) is 16.4 Å². The molecule has 142 valence electrons. The molecule has 7 heteroatoms. The van der Waals surface area contributed by atoms with Gasteiger partial charge in [-0.2, -0.15) is 5.10 Å². The summed E-state index contributed by atoms with van der Waals surface area (Å²) in [7, 11) is 0. The summed E-state index contributed by atoms with van der Waals surface area (Å²) in [6.45, 7) is 1.66. The highest BCUT2D eigenvalue weighted by Gasteiger charge is 2.17. The predicted molar refractivity (Wildman–Crippen MR) is 101 cm³/mol. The van der Waals surface area contributed by atoms with Crippen molar-refractivity contribution in [3.8, 4) is 0 Å². The van der Waals surface area contributed by atoms with Gasteiger partial charge in [-0.3, -0.25) is 14.0 Å². The van der Waals surface area contributed by atoms with E-state index in [1.54, 1.807) is 23.5 Å². The number of amides is 1. The Morgan fingerprint density at radius 3 is 2.67 bits per heavy atom. The molecule has 0 atom stereocenters. The maximum Gasteiger partial charge on any atom is 0.291 e. The molecule has 2 heterocycles. The number of halogens is 1. The summed E-state index contributed by atoms with van der Waals surface area (Å²) in [6.07, 6.45) is 6.66. The van der Waals surface area contributed by atoms with Crippen LogP contribution in [0, 0.1) is 12.7 Å². The van der Waals surface area contributed by atoms with E-state index in [0.717, 1.165) is 31.2 Å². The van der Waals surface area contributed by atoms with Crippen molar-refractivity contribution >= 4 is 22.3 Å². The summed E-state index contributed by atoms with van der Waals surface area (Å²) in [6, 6.07) is 6.22. The molecule has 1 aromatic carbocycles. The molecule has 0 saturated heterocycles. The van der Waals surface area contributed by atoms with Gasteiger partial charge >= 0.3 is 0 Å². The van der Waals surface area contributed by atoms with E-state index in [0.29, 0.717) is 16.7 Å². The Bertz CT molecular complexity index is 1060. The summed E-state index contributed by atoms with van der Waals surface area (Å²) in [4.78, 5) is 25.3. The van der Waals surface area contributed by atoms with Crippen molar-refractivity contribution in [3.63, 3.8) is 0 Å². The number of benzene rings is 1. The van der Waals surface area contributed by atoms with Crippen molar-refractivity contribution in [2.24, 2.45) is 0 Å². The molecule has 1 N–H and O–H groups in total. The molecule has 1 saturated carbocycles. The number of aryl methyl sites for hydroxylation is 1. The largest absolute Gasteiger partial charge is 0.352 e. The first-order valence-electron chi connectivity index (χ1n) is 9.51. The van der Waals surface area contributed by atoms with Crippen molar-refractivity contribution in [1.82, 2.24) is 19.5 Å². The monoisotopic (exact) mass is 370 g/mol. The number of carbonyl (C=O) groups is 1. The topological polar surface area (TPSA) is 68.4 Å². The van der Waals surface area contributed by atoms with Crippen LogP contribution >= 0.6 is 0 Å². The highest BCUT2D eigenvalue weighted by atomic mass is 19.1. The molecule has 1 amide bonds. The first-order chi connectivity index (χ1) is 13.0. The van der Waals surface area contributed by atoms with Gasteiger partial charge in [0.15, 0.2) is 0 Å². The van der Waals surface area contributed by atoms with Crippen molar-refractivity contribution in [1.29, 1.82) is 0 Å². The Hall–Kier alpha value is -2.70. The summed E-state index contributed by atoms with van der Waals surface area (Å²) in [5.74, 6) is 0.0306. The van der Waals surface area contributed by atoms with E-state index in [4.69, 9.17) is 0 Å². The number of hydrogen-bond acceptors (Lipinski definition) is 3. The van der Waals surface area contributed by atoms with Gasteiger partial charge in [-0.1, -0.05) is 25.7 Å². The van der Waals surface area contributed by atoms with Crippen LogP contribution in [0.2, 0.25) is 0 Å². The Kier molecular flexibility index (Phi) is 4.68. The van der Waals surface area contributed by atoms with E-state index < -0.39 is 0 Å². The molecule has 4 rings (SSSR count). The Morgan fingerprint density at radius 1 is 1.19 bits per heavy atom. The normalized spacial score (nSPS) is 15.9. The van der Waals surface area contributed by atoms with E-state index in [1.165, 1.54) is 29.7 Å². The minimum atomic E-state index is -0.355. The summed E-state index contributed by atoms with van der Waals surface area (Å²) < 4.78 is 16.4. The standard InChI is InChI=1S/C20H23FN4O2/c1-13-23-24(12-19(26)22-16-6-4-2-3-5-7-16)20(27)18-11-14-10-15(21)8-9-17(14)25(13)18/h8-11,16H,2-7,12H2,1H3,(H,22,26). The molecule has 0 radical (unpaired) electrons. The summed E-state index contributed by atoms with van der Waals surface area (Å²) in [5, 5.41) is 7.99. The van der Waals surface area contributed by atoms with E-state index in [9.17, 15) is 14.0 Å². The highest BCUT2D eigenvalue weighted by Crippen LogP contribution is 2.20. The lowest BCUT2D eigenvalue weighted by atomic mass is 10.1. The lowest BCUT2D eigenvalue weighted by molar-refractivity contribution is -0.122. The van der Waals surface area contributed by atoms with Gasteiger partial charge < -0.3 is 5.32 Å². The lowest BCUT2D eigenvalue weighted by Crippen LogP contribution is -2.39. The van der Waals surface area contributed by atoms with Crippen LogP contribution in [-0.2, 0) is 11.3 Å². The molecular weight excluding hydrogens is 347 g/mol. The van der Waals surface area contributed by atoms with Crippen molar-refractivity contribution in [2.75, 3.05) is 0 Å². The van der Waals surface area contributed by atoms with Crippen LogP contribution in [0.15, 0.2) is 29.1 Å². The third-order valence-corrected chi connectivity index (χ3v) is 5.32. The third kappa shape index (κ3) is 3.46. The van der Waals surface area contributed by atoms with Gasteiger partial charge in [0.2, 0.25) is 5.91 Å². The molecule has 6 nitrogen and oxygen atoms in total. The molecule has 3 aromatic rings. The van der Waals surface area contributed by atoms with Crippen molar-refractivity contribution in [3.05, 3.63) is 46.3 Å². The van der Waals surface area contributed by atoms with E-state index >= 15 is 0 Å². The predicted octanol–water partition coefficient (Wildman–Crippen LogP) is 2.94. The first kappa shape index (κ1) is 17.7. The molecule has 1 aliphatic rings. The number of aromatic nitrogens is 3. The number of carbonyl (C=O) groups excluding carboxylic acids is 1. The number of nitrogens with zero attached hydrogens (tertiary/aromatic N) is 3. The SMILES string of the molecule is Cc1nn(CC(=O)NC2CCCCCC2)c(=O)c2cc3cc(F)ccc3n12. The average molecular weight is 370 g/mol. The molecular formula is C20H23FN4O2. The van der Waals surface area contributed by atoms with Gasteiger partial charge in [0.1, 0.15) is 23.7 Å². The second-order valence-electron chi connectivity index (χ2n) is 7.33. The molecule has 0 unspecified atom stereocenters. The second-order valence-corrected chi connectivity index (χ2v) is 7.33. The Morgan fingerprint density at radius 2 is 1.93 bits per heavy atom. The van der Waals surface area contributed by atoms with Gasteiger partial charge in [-0.25, -0.2) is 9.07 Å². The van der Waals surface area contributed by atoms with Crippen molar-refractivity contribution < 1.29 is 9.18 Å². The zero-order valence-electron chi connectivity index (χ0n) is 15.4. The second kappa shape index (κ2) is 7.13. The summed E-state index contributed by atoms with van der Waals surface area (Å²) in [5.41, 5.74) is 0.766. The van der Waals surface area contributed by atoms with Gasteiger partial charge in [-0.05, 0) is 44.0 Å². The average Bonchev–Trinajstić information content (AvgIpc) is 2.81. The third-order valence-electron chi connectivity index (χ3n) is 5.32. The van der Waals surface area contributed by atoms with E-state index in [-0.39, 0.29) is 29.9 Å². The van der Waals surface area contributed by atoms with Crippen LogP contribution in [0.3, 0.4) is 0 Å². The van der Waals surface area contributed by atoms with Gasteiger partial charge in [0.05, 0.1) is 5.52 Å². The number of rotatable bonds is 3. The number of fused-ring (bicyclic) bond motifs is 3. The molecule has 1 aliphatic carbocycles. The minimum Gasteiger partial charge on any atom is -0.352 e. The molecule has 0 bridgehead atoms. The van der Waals surface area contributed by atoms with Crippen LogP contribution in [0.5, 0.6) is 0 Å². The van der Waals surface area contributed by atoms with Crippen molar-refractivity contribution in [2.45, 2.75) is 58.0 Å². The molecule has 1 fully saturated rings. The fraction of sp³-hybridized carbons (Fsp3) is 0.450. The number of hydrogen-bond donors (Lipinski definition) is 1. The Balaban J connectivity index is 1.64. The van der Waals surface area contributed by atoms with E-state index in [1.807, 2.05) is 0 Å².